The van der Waals surface area contributed by atoms with E-state index in [4.69, 9.17) is 14.2 Å². The van der Waals surface area contributed by atoms with Crippen molar-refractivity contribution in [3.05, 3.63) is 0 Å². The Kier molecular flexibility index (Phi) is 6.15. The molecule has 1 spiro atoms. The summed E-state index contributed by atoms with van der Waals surface area (Å²) < 4.78 is 17.0. The zero-order valence-electron chi connectivity index (χ0n) is 21.1. The minimum Gasteiger partial charge on any atom is -0.465 e. The molecule has 4 aliphatic rings. The van der Waals surface area contributed by atoms with Gasteiger partial charge >= 0.3 is 17.9 Å². The Morgan fingerprint density at radius 2 is 1.59 bits per heavy atom. The molecule has 2 bridgehead atoms. The molecule has 0 aromatic rings. The van der Waals surface area contributed by atoms with E-state index in [0.29, 0.717) is 25.7 Å². The summed E-state index contributed by atoms with van der Waals surface area (Å²) >= 11 is 0. The van der Waals surface area contributed by atoms with E-state index in [1.54, 1.807) is 0 Å². The number of esters is 3. The zero-order chi connectivity index (χ0) is 25.2. The van der Waals surface area contributed by atoms with Crippen molar-refractivity contribution in [2.45, 2.75) is 92.0 Å². The van der Waals surface area contributed by atoms with Crippen LogP contribution in [0.2, 0.25) is 0 Å². The molecule has 0 aromatic carbocycles. The predicted molar refractivity (Wildman–Crippen MR) is 120 cm³/mol. The number of aliphatic hydroxyl groups is 1. The van der Waals surface area contributed by atoms with E-state index in [0.717, 1.165) is 6.42 Å². The number of aliphatic hydroxyl groups excluding tert-OH is 1. The van der Waals surface area contributed by atoms with E-state index in [1.807, 2.05) is 0 Å². The van der Waals surface area contributed by atoms with Crippen LogP contribution in [0.1, 0.15) is 73.6 Å². The minimum absolute atomic E-state index is 0.0126. The third-order valence-electron chi connectivity index (χ3n) is 9.77. The predicted octanol–water partition coefficient (Wildman–Crippen LogP) is 2.83. The Morgan fingerprint density at radius 3 is 2.18 bits per heavy atom. The van der Waals surface area contributed by atoms with Gasteiger partial charge in [-0.1, -0.05) is 20.8 Å². The first-order valence-electron chi connectivity index (χ1n) is 12.5. The van der Waals surface area contributed by atoms with Gasteiger partial charge in [0, 0.05) is 32.1 Å². The van der Waals surface area contributed by atoms with Crippen molar-refractivity contribution in [3.63, 3.8) is 0 Å². The van der Waals surface area contributed by atoms with Crippen molar-refractivity contribution in [2.75, 3.05) is 6.61 Å². The fourth-order valence-electron chi connectivity index (χ4n) is 8.62. The number of carbonyl (C=O) groups is 4. The normalized spacial score (nSPS) is 44.4. The number of rotatable bonds is 4. The van der Waals surface area contributed by atoms with Crippen LogP contribution in [0.5, 0.6) is 0 Å². The molecule has 4 rings (SSSR count). The van der Waals surface area contributed by atoms with Crippen LogP contribution < -0.4 is 0 Å². The first kappa shape index (κ1) is 25.1. The minimum atomic E-state index is -1.31. The van der Waals surface area contributed by atoms with Crippen molar-refractivity contribution in [1.29, 1.82) is 0 Å². The average molecular weight is 479 g/mol. The number of ketones is 1. The smallest absolute Gasteiger partial charge is 0.302 e. The Hall–Kier alpha value is -1.96. The molecular weight excluding hydrogens is 440 g/mol. The van der Waals surface area contributed by atoms with Crippen LogP contribution in [0.15, 0.2) is 0 Å². The van der Waals surface area contributed by atoms with Gasteiger partial charge in [0.1, 0.15) is 18.8 Å². The van der Waals surface area contributed by atoms with Crippen LogP contribution in [0.3, 0.4) is 0 Å². The summed E-state index contributed by atoms with van der Waals surface area (Å²) in [4.78, 5) is 50.0. The molecule has 0 aliphatic heterocycles. The van der Waals surface area contributed by atoms with Gasteiger partial charge in [0.25, 0.3) is 0 Å². The van der Waals surface area contributed by atoms with Gasteiger partial charge in [-0.3, -0.25) is 19.2 Å². The molecule has 0 heterocycles. The second-order valence-corrected chi connectivity index (χ2v) is 11.8. The maximum absolute atomic E-state index is 14.2. The van der Waals surface area contributed by atoms with Gasteiger partial charge in [-0.25, -0.2) is 0 Å². The van der Waals surface area contributed by atoms with Crippen LogP contribution in [0.4, 0.5) is 0 Å². The summed E-state index contributed by atoms with van der Waals surface area (Å²) in [7, 11) is 0. The molecule has 0 amide bonds. The highest BCUT2D eigenvalue weighted by molar-refractivity contribution is 5.93. The maximum atomic E-state index is 14.2. The molecule has 4 saturated carbocycles. The molecule has 190 valence electrons. The van der Waals surface area contributed by atoms with Gasteiger partial charge in [-0.15, -0.1) is 0 Å². The lowest BCUT2D eigenvalue weighted by Gasteiger charge is -2.66. The number of hydrogen-bond donors (Lipinski definition) is 1. The van der Waals surface area contributed by atoms with E-state index in [2.05, 4.69) is 20.8 Å². The van der Waals surface area contributed by atoms with E-state index >= 15 is 0 Å². The molecule has 4 fully saturated rings. The number of carbonyl (C=O) groups excluding carboxylic acids is 4. The van der Waals surface area contributed by atoms with E-state index in [9.17, 15) is 24.3 Å². The molecule has 0 aromatic heterocycles. The van der Waals surface area contributed by atoms with Crippen molar-refractivity contribution in [3.8, 4) is 0 Å². The molecule has 8 nitrogen and oxygen atoms in total. The second kappa shape index (κ2) is 8.32. The number of ether oxygens (including phenoxy) is 3. The summed E-state index contributed by atoms with van der Waals surface area (Å²) in [6, 6.07) is 0. The van der Waals surface area contributed by atoms with Crippen LogP contribution in [-0.2, 0) is 33.4 Å². The molecule has 8 heteroatoms. The molecular formula is C26H38O8. The standard InChI is InChI=1S/C26H38O8/c1-13(27)32-12-17-16-7-8-18-25(6)19(24(4,5)10-9-21(25)33-14(2)28)11-20(30)26(18,22(17)31)23(16)34-15(3)29/h16-21,23,30H,7-12H2,1-6H3/t16-,17+,18-,19+,20+,21+,23+,25-,26-/m0/s1. The lowest BCUT2D eigenvalue weighted by atomic mass is 9.39. The summed E-state index contributed by atoms with van der Waals surface area (Å²) in [5.74, 6) is -2.83. The van der Waals surface area contributed by atoms with Crippen LogP contribution in [-0.4, -0.2) is 53.7 Å². The van der Waals surface area contributed by atoms with Gasteiger partial charge in [-0.05, 0) is 49.4 Å². The molecule has 0 radical (unpaired) electrons. The fourth-order valence-corrected chi connectivity index (χ4v) is 8.62. The monoisotopic (exact) mass is 478 g/mol. The molecule has 4 aliphatic carbocycles. The largest absolute Gasteiger partial charge is 0.465 e. The van der Waals surface area contributed by atoms with E-state index in [-0.39, 0.29) is 41.5 Å². The Morgan fingerprint density at radius 1 is 0.941 bits per heavy atom. The zero-order valence-corrected chi connectivity index (χ0v) is 21.1. The third-order valence-corrected chi connectivity index (χ3v) is 9.77. The highest BCUT2D eigenvalue weighted by Gasteiger charge is 2.77. The number of hydrogen-bond acceptors (Lipinski definition) is 8. The van der Waals surface area contributed by atoms with Crippen LogP contribution in [0.25, 0.3) is 0 Å². The summed E-state index contributed by atoms with van der Waals surface area (Å²) in [6.07, 6.45) is 0.917. The molecule has 0 unspecified atom stereocenters. The first-order chi connectivity index (χ1) is 15.8. The highest BCUT2D eigenvalue weighted by Crippen LogP contribution is 2.72. The van der Waals surface area contributed by atoms with Gasteiger partial charge < -0.3 is 19.3 Å². The lowest BCUT2D eigenvalue weighted by molar-refractivity contribution is -0.258. The van der Waals surface area contributed by atoms with Crippen LogP contribution >= 0.6 is 0 Å². The lowest BCUT2D eigenvalue weighted by Crippen LogP contribution is -2.70. The third kappa shape index (κ3) is 3.42. The van der Waals surface area contributed by atoms with Crippen LogP contribution in [0, 0.1) is 39.9 Å². The molecule has 0 saturated heterocycles. The van der Waals surface area contributed by atoms with Crippen molar-refractivity contribution in [1.82, 2.24) is 0 Å². The Labute approximate surface area is 201 Å². The summed E-state index contributed by atoms with van der Waals surface area (Å²) in [5.41, 5.74) is -2.01. The number of fused-ring (bicyclic) bond motifs is 3. The molecule has 34 heavy (non-hydrogen) atoms. The molecule has 1 N–H and O–H groups in total. The SMILES string of the molecule is CC(=O)OC[C@H]1C(=O)[C@@]23[C@H](O)C[C@@H]4C(C)(C)CC[C@@H](OC(C)=O)[C@@]4(C)[C@@H]2CC[C@@H]1[C@H]3OC(C)=O. The molecule has 9 atom stereocenters. The summed E-state index contributed by atoms with van der Waals surface area (Å²) in [6.45, 7) is 10.4. The van der Waals surface area contributed by atoms with Gasteiger partial charge in [0.2, 0.25) is 0 Å². The number of Topliss-reactive ketones (excluding diaryl/α,β-unsaturated/α-hetero) is 1. The highest BCUT2D eigenvalue weighted by atomic mass is 16.6. The van der Waals surface area contributed by atoms with Gasteiger partial charge in [-0.2, -0.15) is 0 Å². The van der Waals surface area contributed by atoms with Crippen molar-refractivity contribution in [2.24, 2.45) is 39.9 Å². The second-order valence-electron chi connectivity index (χ2n) is 11.8. The quantitative estimate of drug-likeness (QED) is 0.484. The summed E-state index contributed by atoms with van der Waals surface area (Å²) in [5, 5.41) is 11.8. The maximum Gasteiger partial charge on any atom is 0.302 e. The topological polar surface area (TPSA) is 116 Å². The van der Waals surface area contributed by atoms with E-state index in [1.165, 1.54) is 20.8 Å². The van der Waals surface area contributed by atoms with Gasteiger partial charge in [0.05, 0.1) is 17.4 Å². The van der Waals surface area contributed by atoms with Crippen molar-refractivity contribution < 1.29 is 38.5 Å². The van der Waals surface area contributed by atoms with E-state index < -0.39 is 47.0 Å². The van der Waals surface area contributed by atoms with Gasteiger partial charge in [0.15, 0.2) is 5.78 Å². The first-order valence-corrected chi connectivity index (χ1v) is 12.5. The van der Waals surface area contributed by atoms with Crippen molar-refractivity contribution >= 4 is 23.7 Å². The Balaban J connectivity index is 1.86. The average Bonchev–Trinajstić information content (AvgIpc) is 2.84. The Bertz CT molecular complexity index is 895. The fraction of sp³-hybridized carbons (Fsp3) is 0.846.